The van der Waals surface area contributed by atoms with Crippen LogP contribution in [0.25, 0.3) is 0 Å². The predicted octanol–water partition coefficient (Wildman–Crippen LogP) is 1.79. The molecule has 0 spiro atoms. The van der Waals surface area contributed by atoms with Crippen molar-refractivity contribution in [3.63, 3.8) is 0 Å². The summed E-state index contributed by atoms with van der Waals surface area (Å²) >= 11 is 0. The van der Waals surface area contributed by atoms with E-state index in [0.717, 1.165) is 0 Å². The third kappa shape index (κ3) is 4.33. The summed E-state index contributed by atoms with van der Waals surface area (Å²) in [6.07, 6.45) is 0.328. The van der Waals surface area contributed by atoms with Crippen LogP contribution in [-0.2, 0) is 9.53 Å². The van der Waals surface area contributed by atoms with Crippen molar-refractivity contribution in [2.75, 3.05) is 13.2 Å². The van der Waals surface area contributed by atoms with E-state index in [-0.39, 0.29) is 12.4 Å². The molecule has 18 heavy (non-hydrogen) atoms. The summed E-state index contributed by atoms with van der Waals surface area (Å²) in [5, 5.41) is 0. The Morgan fingerprint density at radius 1 is 1.50 bits per heavy atom. The molecule has 1 atom stereocenters. The molecular formula is C13H18FNO3. The molecule has 0 heterocycles. The van der Waals surface area contributed by atoms with Crippen molar-refractivity contribution in [3.05, 3.63) is 29.6 Å². The van der Waals surface area contributed by atoms with Crippen LogP contribution in [0.4, 0.5) is 4.39 Å². The van der Waals surface area contributed by atoms with Gasteiger partial charge in [0.25, 0.3) is 0 Å². The van der Waals surface area contributed by atoms with Crippen LogP contribution in [0.3, 0.4) is 0 Å². The van der Waals surface area contributed by atoms with Crippen molar-refractivity contribution in [1.29, 1.82) is 0 Å². The Bertz CT molecular complexity index is 409. The van der Waals surface area contributed by atoms with Crippen molar-refractivity contribution in [2.45, 2.75) is 26.3 Å². The summed E-state index contributed by atoms with van der Waals surface area (Å²) in [4.78, 5) is 11.2. The molecule has 0 amide bonds. The van der Waals surface area contributed by atoms with E-state index in [1.165, 1.54) is 6.07 Å². The van der Waals surface area contributed by atoms with Gasteiger partial charge in [0, 0.05) is 12.5 Å². The second-order valence-corrected chi connectivity index (χ2v) is 3.91. The summed E-state index contributed by atoms with van der Waals surface area (Å²) in [7, 11) is 0. The van der Waals surface area contributed by atoms with E-state index in [2.05, 4.69) is 0 Å². The van der Waals surface area contributed by atoms with E-state index in [1.807, 2.05) is 0 Å². The lowest BCUT2D eigenvalue weighted by Gasteiger charge is -2.11. The highest BCUT2D eigenvalue weighted by Crippen LogP contribution is 2.16. The van der Waals surface area contributed by atoms with Crippen LogP contribution in [-0.4, -0.2) is 25.2 Å². The molecular weight excluding hydrogens is 237 g/mol. The Hall–Kier alpha value is -1.62. The first kappa shape index (κ1) is 14.4. The number of halogens is 1. The van der Waals surface area contributed by atoms with Crippen LogP contribution in [0.15, 0.2) is 18.2 Å². The van der Waals surface area contributed by atoms with Gasteiger partial charge in [0.1, 0.15) is 17.6 Å². The third-order valence-corrected chi connectivity index (χ3v) is 2.43. The third-order valence-electron chi connectivity index (χ3n) is 2.43. The van der Waals surface area contributed by atoms with Crippen LogP contribution in [0.1, 0.15) is 18.9 Å². The van der Waals surface area contributed by atoms with E-state index >= 15 is 0 Å². The first-order valence-corrected chi connectivity index (χ1v) is 5.85. The molecule has 1 unspecified atom stereocenters. The van der Waals surface area contributed by atoms with Gasteiger partial charge in [-0.25, -0.2) is 4.39 Å². The van der Waals surface area contributed by atoms with Crippen LogP contribution in [0.2, 0.25) is 0 Å². The maximum Gasteiger partial charge on any atom is 0.323 e. The maximum absolute atomic E-state index is 13.2. The van der Waals surface area contributed by atoms with E-state index in [9.17, 15) is 9.18 Å². The van der Waals surface area contributed by atoms with Gasteiger partial charge >= 0.3 is 5.97 Å². The van der Waals surface area contributed by atoms with Gasteiger partial charge in [-0.3, -0.25) is 4.79 Å². The zero-order valence-corrected chi connectivity index (χ0v) is 10.6. The average molecular weight is 255 g/mol. The smallest absolute Gasteiger partial charge is 0.323 e. The molecule has 0 saturated carbocycles. The number of ether oxygens (including phenoxy) is 2. The predicted molar refractivity (Wildman–Crippen MR) is 65.9 cm³/mol. The summed E-state index contributed by atoms with van der Waals surface area (Å²) in [6, 6.07) is 3.91. The number of nitrogens with two attached hydrogens (primary N) is 1. The number of benzene rings is 1. The lowest BCUT2D eigenvalue weighted by atomic mass is 10.2. The molecule has 1 aromatic rings. The topological polar surface area (TPSA) is 61.5 Å². The number of rotatable bonds is 6. The van der Waals surface area contributed by atoms with Gasteiger partial charge in [-0.15, -0.1) is 0 Å². The van der Waals surface area contributed by atoms with Crippen LogP contribution in [0.5, 0.6) is 5.75 Å². The van der Waals surface area contributed by atoms with Crippen molar-refractivity contribution in [3.8, 4) is 5.75 Å². The first-order valence-electron chi connectivity index (χ1n) is 5.85. The minimum absolute atomic E-state index is 0.239. The van der Waals surface area contributed by atoms with Crippen molar-refractivity contribution >= 4 is 5.97 Å². The molecule has 1 rings (SSSR count). The Morgan fingerprint density at radius 2 is 2.22 bits per heavy atom. The van der Waals surface area contributed by atoms with Crippen molar-refractivity contribution in [2.24, 2.45) is 5.73 Å². The number of hydrogen-bond donors (Lipinski definition) is 1. The first-order chi connectivity index (χ1) is 8.54. The Kier molecular flexibility index (Phi) is 5.58. The minimum atomic E-state index is -0.708. The lowest BCUT2D eigenvalue weighted by Crippen LogP contribution is -2.33. The van der Waals surface area contributed by atoms with Crippen LogP contribution < -0.4 is 10.5 Å². The molecule has 0 radical (unpaired) electrons. The second-order valence-electron chi connectivity index (χ2n) is 3.91. The second kappa shape index (κ2) is 6.96. The fourth-order valence-electron chi connectivity index (χ4n) is 1.33. The van der Waals surface area contributed by atoms with E-state index in [4.69, 9.17) is 15.2 Å². The quantitative estimate of drug-likeness (QED) is 0.787. The highest BCUT2D eigenvalue weighted by atomic mass is 19.1. The molecule has 5 heteroatoms. The molecule has 0 fully saturated rings. The standard InChI is InChI=1S/C13H18FNO3/c1-3-17-13(16)12(15)6-7-18-10-5-4-9(2)11(14)8-10/h4-5,8,12H,3,6-7,15H2,1-2H3. The van der Waals surface area contributed by atoms with E-state index < -0.39 is 12.0 Å². The zero-order valence-electron chi connectivity index (χ0n) is 10.6. The molecule has 4 nitrogen and oxygen atoms in total. The molecule has 0 aliphatic carbocycles. The molecule has 0 aromatic heterocycles. The number of carbonyl (C=O) groups excluding carboxylic acids is 1. The molecule has 0 saturated heterocycles. The van der Waals surface area contributed by atoms with Gasteiger partial charge in [0.05, 0.1) is 13.2 Å². The molecule has 1 aromatic carbocycles. The van der Waals surface area contributed by atoms with Gasteiger partial charge in [-0.05, 0) is 25.5 Å². The minimum Gasteiger partial charge on any atom is -0.493 e. The van der Waals surface area contributed by atoms with Crippen molar-refractivity contribution in [1.82, 2.24) is 0 Å². The van der Waals surface area contributed by atoms with Crippen LogP contribution in [0, 0.1) is 12.7 Å². The van der Waals surface area contributed by atoms with E-state index in [1.54, 1.807) is 26.0 Å². The number of carbonyl (C=O) groups is 1. The van der Waals surface area contributed by atoms with Gasteiger partial charge in [-0.1, -0.05) is 6.07 Å². The Labute approximate surface area is 106 Å². The summed E-state index contributed by atoms with van der Waals surface area (Å²) in [5.41, 5.74) is 6.15. The highest BCUT2D eigenvalue weighted by molar-refractivity contribution is 5.75. The molecule has 100 valence electrons. The largest absolute Gasteiger partial charge is 0.493 e. The molecule has 2 N–H and O–H groups in total. The SMILES string of the molecule is CCOC(=O)C(N)CCOc1ccc(C)c(F)c1. The van der Waals surface area contributed by atoms with Crippen molar-refractivity contribution < 1.29 is 18.7 Å². The highest BCUT2D eigenvalue weighted by Gasteiger charge is 2.14. The number of hydrogen-bond acceptors (Lipinski definition) is 4. The Morgan fingerprint density at radius 3 is 2.83 bits per heavy atom. The van der Waals surface area contributed by atoms with E-state index in [0.29, 0.717) is 24.3 Å². The van der Waals surface area contributed by atoms with Gasteiger partial charge in [0.15, 0.2) is 0 Å². The fourth-order valence-corrected chi connectivity index (χ4v) is 1.33. The monoisotopic (exact) mass is 255 g/mol. The lowest BCUT2D eigenvalue weighted by molar-refractivity contribution is -0.145. The molecule has 0 aliphatic heterocycles. The summed E-state index contributed by atoms with van der Waals surface area (Å²) in [6.45, 7) is 3.94. The zero-order chi connectivity index (χ0) is 13.5. The van der Waals surface area contributed by atoms with Gasteiger partial charge in [-0.2, -0.15) is 0 Å². The summed E-state index contributed by atoms with van der Waals surface area (Å²) in [5.74, 6) is -0.340. The average Bonchev–Trinajstić information content (AvgIpc) is 2.34. The molecule has 0 aliphatic rings. The van der Waals surface area contributed by atoms with Gasteiger partial charge < -0.3 is 15.2 Å². The fraction of sp³-hybridized carbons (Fsp3) is 0.462. The normalized spacial score (nSPS) is 12.0. The van der Waals surface area contributed by atoms with Gasteiger partial charge in [0.2, 0.25) is 0 Å². The van der Waals surface area contributed by atoms with Crippen LogP contribution >= 0.6 is 0 Å². The molecule has 0 bridgehead atoms. The number of aryl methyl sites for hydroxylation is 1. The maximum atomic E-state index is 13.2. The number of esters is 1. The Balaban J connectivity index is 2.37. The summed E-state index contributed by atoms with van der Waals surface area (Å²) < 4.78 is 23.3.